The zero-order valence-corrected chi connectivity index (χ0v) is 24.3. The number of amidine groups is 1. The van der Waals surface area contributed by atoms with E-state index < -0.39 is 0 Å². The minimum atomic E-state index is 0.183. The van der Waals surface area contributed by atoms with Gasteiger partial charge < -0.3 is 15.0 Å². The molecule has 1 atom stereocenters. The Bertz CT molecular complexity index is 1390. The molecule has 3 aromatic rings. The van der Waals surface area contributed by atoms with E-state index in [-0.39, 0.29) is 18.4 Å². The van der Waals surface area contributed by atoms with E-state index in [1.54, 1.807) is 13.3 Å². The fraction of sp³-hybridized carbons (Fsp3) is 0.464. The van der Waals surface area contributed by atoms with Crippen LogP contribution in [0.3, 0.4) is 0 Å². The molecule has 11 nitrogen and oxygen atoms in total. The van der Waals surface area contributed by atoms with Crippen LogP contribution in [0.15, 0.2) is 34.5 Å². The van der Waals surface area contributed by atoms with Gasteiger partial charge in [0.05, 0.1) is 30.7 Å². The van der Waals surface area contributed by atoms with Gasteiger partial charge in [-0.05, 0) is 76.6 Å². The van der Waals surface area contributed by atoms with Crippen molar-refractivity contribution >= 4 is 35.6 Å². The molecule has 40 heavy (non-hydrogen) atoms. The van der Waals surface area contributed by atoms with Crippen LogP contribution in [0.1, 0.15) is 55.6 Å². The lowest BCUT2D eigenvalue weighted by molar-refractivity contribution is -0.102. The molecule has 3 heterocycles. The van der Waals surface area contributed by atoms with Crippen molar-refractivity contribution in [3.8, 4) is 17.3 Å². The molecule has 12 heteroatoms. The molecule has 0 aromatic carbocycles. The molecule has 210 valence electrons. The Morgan fingerprint density at radius 1 is 1.23 bits per heavy atom. The number of carbonyl (C=O) groups is 1. The monoisotopic (exact) mass is 561 g/mol. The van der Waals surface area contributed by atoms with Gasteiger partial charge >= 0.3 is 0 Å². The highest BCUT2D eigenvalue weighted by molar-refractivity contribution is 7.97. The molecular formula is C28H35N9O2S. The summed E-state index contributed by atoms with van der Waals surface area (Å²) in [5.41, 5.74) is 3.72. The third kappa shape index (κ3) is 6.23. The number of aromatic nitrogens is 5. The summed E-state index contributed by atoms with van der Waals surface area (Å²) in [4.78, 5) is 43.1. The molecular weight excluding hydrogens is 526 g/mol. The molecule has 0 spiro atoms. The van der Waals surface area contributed by atoms with Crippen LogP contribution < -0.4 is 19.7 Å². The molecule has 0 aliphatic heterocycles. The lowest BCUT2D eigenvalue weighted by Gasteiger charge is -2.29. The normalized spacial score (nSPS) is 16.0. The number of aldehydes is 1. The summed E-state index contributed by atoms with van der Waals surface area (Å²) in [5, 5.41) is 3.23. The quantitative estimate of drug-likeness (QED) is 0.143. The number of pyridine rings is 1. The summed E-state index contributed by atoms with van der Waals surface area (Å²) in [6.45, 7) is 4.37. The average molecular weight is 562 g/mol. The Morgan fingerprint density at radius 3 is 2.65 bits per heavy atom. The molecule has 0 unspecified atom stereocenters. The maximum atomic E-state index is 12.1. The third-order valence-electron chi connectivity index (χ3n) is 7.34. The zero-order chi connectivity index (χ0) is 28.2. The average Bonchev–Trinajstić information content (AvgIpc) is 3.89. The van der Waals surface area contributed by atoms with E-state index in [0.717, 1.165) is 34.7 Å². The van der Waals surface area contributed by atoms with E-state index in [1.165, 1.54) is 31.1 Å². The highest BCUT2D eigenvalue weighted by atomic mass is 32.2. The Balaban J connectivity index is 1.51. The van der Waals surface area contributed by atoms with Gasteiger partial charge in [-0.2, -0.15) is 0 Å². The number of hydrogen-bond donors (Lipinski definition) is 2. The molecule has 5 rings (SSSR count). The first-order valence-electron chi connectivity index (χ1n) is 13.5. The smallest absolute Gasteiger partial charge is 0.227 e. The van der Waals surface area contributed by atoms with Crippen molar-refractivity contribution in [1.82, 2.24) is 29.6 Å². The van der Waals surface area contributed by atoms with Gasteiger partial charge in [0.1, 0.15) is 17.6 Å². The van der Waals surface area contributed by atoms with Crippen molar-refractivity contribution in [1.29, 1.82) is 0 Å². The van der Waals surface area contributed by atoms with Crippen LogP contribution in [0.25, 0.3) is 11.4 Å². The molecule has 0 bridgehead atoms. The van der Waals surface area contributed by atoms with Gasteiger partial charge in [-0.3, -0.25) is 19.5 Å². The maximum absolute atomic E-state index is 12.1. The second-order valence-corrected chi connectivity index (χ2v) is 11.3. The van der Waals surface area contributed by atoms with Crippen LogP contribution >= 0.6 is 11.9 Å². The highest BCUT2D eigenvalue weighted by Crippen LogP contribution is 2.46. The van der Waals surface area contributed by atoms with Crippen LogP contribution in [-0.2, 0) is 11.3 Å². The number of nitrogens with zero attached hydrogens (tertiary/aromatic N) is 7. The predicted molar refractivity (Wildman–Crippen MR) is 157 cm³/mol. The topological polar surface area (TPSA) is 130 Å². The zero-order valence-electron chi connectivity index (χ0n) is 23.5. The summed E-state index contributed by atoms with van der Waals surface area (Å²) in [6.07, 6.45) is 8.56. The fourth-order valence-electron chi connectivity index (χ4n) is 4.66. The fourth-order valence-corrected chi connectivity index (χ4v) is 5.13. The van der Waals surface area contributed by atoms with Crippen molar-refractivity contribution in [2.45, 2.75) is 62.9 Å². The van der Waals surface area contributed by atoms with Crippen molar-refractivity contribution in [2.24, 2.45) is 10.9 Å². The number of aliphatic imine (C=N–C) groups is 1. The molecule has 0 radical (unpaired) electrons. The van der Waals surface area contributed by atoms with Crippen LogP contribution in [0.5, 0.6) is 5.88 Å². The summed E-state index contributed by atoms with van der Waals surface area (Å²) >= 11 is 1.49. The van der Waals surface area contributed by atoms with Crippen LogP contribution in [0, 0.1) is 12.8 Å². The first-order valence-corrected chi connectivity index (χ1v) is 14.3. The minimum absolute atomic E-state index is 0.183. The highest BCUT2D eigenvalue weighted by Gasteiger charge is 2.34. The van der Waals surface area contributed by atoms with E-state index in [2.05, 4.69) is 41.8 Å². The molecule has 2 fully saturated rings. The van der Waals surface area contributed by atoms with Gasteiger partial charge in [-0.1, -0.05) is 0 Å². The summed E-state index contributed by atoms with van der Waals surface area (Å²) in [6, 6.07) is 4.13. The number of ether oxygens (including phenoxy) is 1. The van der Waals surface area contributed by atoms with E-state index in [9.17, 15) is 4.79 Å². The Hall–Kier alpha value is -3.64. The van der Waals surface area contributed by atoms with Crippen molar-refractivity contribution < 1.29 is 9.53 Å². The van der Waals surface area contributed by atoms with Gasteiger partial charge in [0.2, 0.25) is 5.88 Å². The van der Waals surface area contributed by atoms with Gasteiger partial charge in [-0.15, -0.1) is 0 Å². The Morgan fingerprint density at radius 2 is 2.02 bits per heavy atom. The van der Waals surface area contributed by atoms with Crippen molar-refractivity contribution in [3.63, 3.8) is 0 Å². The number of methoxy groups -OCH3 is 1. The summed E-state index contributed by atoms with van der Waals surface area (Å²) in [5.74, 6) is 2.80. The van der Waals surface area contributed by atoms with E-state index >= 15 is 0 Å². The molecule has 2 N–H and O–H groups in total. The Labute approximate surface area is 238 Å². The Kier molecular flexibility index (Phi) is 8.55. The second-order valence-electron chi connectivity index (χ2n) is 10.2. The molecule has 2 saturated carbocycles. The van der Waals surface area contributed by atoms with Crippen LogP contribution in [-0.4, -0.2) is 64.3 Å². The van der Waals surface area contributed by atoms with Gasteiger partial charge in [-0.25, -0.2) is 19.9 Å². The number of aryl methyl sites for hydroxylation is 1. The SMILES string of the molecule is CNSc1ccc(CN=C(C=O)Nc2c(C)nc(-c3c(OC)ncnc3C3CC3)nc2N(C)[C@@H](C)C2CC2)nc1. The van der Waals surface area contributed by atoms with Crippen LogP contribution in [0.4, 0.5) is 11.5 Å². The van der Waals surface area contributed by atoms with Crippen molar-refractivity contribution in [2.75, 3.05) is 31.4 Å². The maximum Gasteiger partial charge on any atom is 0.227 e. The molecule has 2 aliphatic rings. The lowest BCUT2D eigenvalue weighted by Crippen LogP contribution is -2.33. The second kappa shape index (κ2) is 12.3. The van der Waals surface area contributed by atoms with E-state index in [4.69, 9.17) is 14.7 Å². The minimum Gasteiger partial charge on any atom is -0.480 e. The number of rotatable bonds is 12. The number of nitrogens with one attached hydrogen (secondary N) is 2. The number of anilines is 2. The van der Waals surface area contributed by atoms with Gasteiger partial charge in [0, 0.05) is 30.1 Å². The van der Waals surface area contributed by atoms with Gasteiger partial charge in [0.25, 0.3) is 0 Å². The third-order valence-corrected chi connectivity index (χ3v) is 8.02. The van der Waals surface area contributed by atoms with E-state index in [1.807, 2.05) is 33.2 Å². The molecule has 2 aliphatic carbocycles. The largest absolute Gasteiger partial charge is 0.480 e. The number of hydrogen-bond acceptors (Lipinski definition) is 11. The molecule has 0 saturated heterocycles. The van der Waals surface area contributed by atoms with Crippen molar-refractivity contribution in [3.05, 3.63) is 41.7 Å². The molecule has 3 aromatic heterocycles. The predicted octanol–water partition coefficient (Wildman–Crippen LogP) is 4.19. The summed E-state index contributed by atoms with van der Waals surface area (Å²) < 4.78 is 8.65. The first-order chi connectivity index (χ1) is 19.4. The lowest BCUT2D eigenvalue weighted by atomic mass is 10.1. The standard InChI is InChI=1S/C28H35N9O2S/c1-16-24(35-22(14-38)31-12-20-10-11-21(13-30-20)40-29-3)27(37(4)17(2)18-6-7-18)36-26(34-16)23-25(19-8-9-19)32-15-33-28(23)39-5/h10-11,13-15,17-19,29H,6-9,12H2,1-5H3,(H,31,35)/t17-/m0/s1. The molecule has 0 amide bonds. The van der Waals surface area contributed by atoms with Crippen LogP contribution in [0.2, 0.25) is 0 Å². The first kappa shape index (κ1) is 27.9. The van der Waals surface area contributed by atoms with Gasteiger partial charge in [0.15, 0.2) is 23.8 Å². The summed E-state index contributed by atoms with van der Waals surface area (Å²) in [7, 11) is 5.49. The van der Waals surface area contributed by atoms with E-state index in [0.29, 0.717) is 47.0 Å². The number of carbonyl (C=O) groups excluding carboxylic acids is 1.